The average Bonchev–Trinajstić information content (AvgIpc) is 1.97. The minimum absolute atomic E-state index is 0.287. The van der Waals surface area contributed by atoms with Crippen molar-refractivity contribution in [1.82, 2.24) is 0 Å². The second-order valence-electron chi connectivity index (χ2n) is 2.20. The molecular formula is C7H13NOS. The summed E-state index contributed by atoms with van der Waals surface area (Å²) < 4.78 is 0. The van der Waals surface area contributed by atoms with E-state index < -0.39 is 0 Å². The van der Waals surface area contributed by atoms with Crippen LogP contribution in [0.4, 0.5) is 0 Å². The summed E-state index contributed by atoms with van der Waals surface area (Å²) in [5.74, 6) is 0.552. The molecule has 10 heavy (non-hydrogen) atoms. The first-order valence-electron chi connectivity index (χ1n) is 3.50. The molecule has 0 aromatic rings. The zero-order valence-corrected chi connectivity index (χ0v) is 7.02. The number of aliphatic hydroxyl groups is 1. The van der Waals surface area contributed by atoms with E-state index >= 15 is 0 Å². The molecule has 1 atom stereocenters. The Morgan fingerprint density at radius 3 is 2.90 bits per heavy atom. The Kier molecular flexibility index (Phi) is 6.78. The monoisotopic (exact) mass is 159 g/mol. The molecule has 0 saturated heterocycles. The maximum Gasteiger partial charge on any atom is 0.133 e. The molecule has 0 aromatic heterocycles. The van der Waals surface area contributed by atoms with Crippen LogP contribution in [0.5, 0.6) is 0 Å². The predicted octanol–water partition coefficient (Wildman–Crippen LogP) is 1.75. The fourth-order valence-corrected chi connectivity index (χ4v) is 1.09. The van der Waals surface area contributed by atoms with Gasteiger partial charge in [-0.05, 0) is 18.2 Å². The van der Waals surface area contributed by atoms with Crippen molar-refractivity contribution in [3.05, 3.63) is 0 Å². The average molecular weight is 159 g/mol. The minimum Gasteiger partial charge on any atom is -0.392 e. The van der Waals surface area contributed by atoms with E-state index in [2.05, 4.69) is 6.92 Å². The summed E-state index contributed by atoms with van der Waals surface area (Å²) in [6, 6.07) is 0. The van der Waals surface area contributed by atoms with Crippen LogP contribution in [0.3, 0.4) is 0 Å². The third kappa shape index (κ3) is 5.93. The first kappa shape index (κ1) is 9.80. The van der Waals surface area contributed by atoms with Gasteiger partial charge in [-0.25, -0.2) is 0 Å². The highest BCUT2D eigenvalue weighted by Crippen LogP contribution is 2.06. The molecule has 2 nitrogen and oxygen atoms in total. The molecule has 0 fully saturated rings. The lowest BCUT2D eigenvalue weighted by Gasteiger charge is -2.04. The minimum atomic E-state index is -0.287. The normalized spacial score (nSPS) is 12.5. The highest BCUT2D eigenvalue weighted by Gasteiger charge is 2.01. The molecule has 0 radical (unpaired) electrons. The number of hydrogen-bond donors (Lipinski definition) is 1. The second-order valence-corrected chi connectivity index (χ2v) is 3.00. The van der Waals surface area contributed by atoms with Crippen LogP contribution >= 0.6 is 11.8 Å². The van der Waals surface area contributed by atoms with E-state index in [9.17, 15) is 0 Å². The van der Waals surface area contributed by atoms with E-state index in [1.165, 1.54) is 0 Å². The van der Waals surface area contributed by atoms with E-state index in [0.717, 1.165) is 31.0 Å². The predicted molar refractivity (Wildman–Crippen MR) is 43.6 cm³/mol. The van der Waals surface area contributed by atoms with Gasteiger partial charge in [0.05, 0.1) is 6.10 Å². The summed E-state index contributed by atoms with van der Waals surface area (Å²) in [5, 5.41) is 19.2. The van der Waals surface area contributed by atoms with Crippen molar-refractivity contribution < 1.29 is 5.11 Å². The van der Waals surface area contributed by atoms with Crippen molar-refractivity contribution in [3.63, 3.8) is 0 Å². The lowest BCUT2D eigenvalue weighted by atomic mass is 10.2. The van der Waals surface area contributed by atoms with E-state index in [4.69, 9.17) is 10.4 Å². The van der Waals surface area contributed by atoms with Gasteiger partial charge in [0, 0.05) is 5.75 Å². The van der Waals surface area contributed by atoms with Gasteiger partial charge in [-0.3, -0.25) is 0 Å². The Labute approximate surface area is 66.2 Å². The van der Waals surface area contributed by atoms with Crippen molar-refractivity contribution in [2.45, 2.75) is 32.3 Å². The van der Waals surface area contributed by atoms with Gasteiger partial charge in [-0.1, -0.05) is 19.8 Å². The molecule has 0 amide bonds. The Morgan fingerprint density at radius 2 is 2.40 bits per heavy atom. The highest BCUT2D eigenvalue weighted by molar-refractivity contribution is 8.03. The molecular weight excluding hydrogens is 146 g/mol. The third-order valence-electron chi connectivity index (χ3n) is 1.23. The van der Waals surface area contributed by atoms with Crippen molar-refractivity contribution in [2.24, 2.45) is 0 Å². The first-order chi connectivity index (χ1) is 4.81. The number of rotatable bonds is 5. The van der Waals surface area contributed by atoms with Crippen molar-refractivity contribution in [2.75, 3.05) is 5.75 Å². The molecule has 0 bridgehead atoms. The summed E-state index contributed by atoms with van der Waals surface area (Å²) in [6.07, 6.45) is 2.69. The van der Waals surface area contributed by atoms with Gasteiger partial charge in [-0.2, -0.15) is 5.26 Å². The number of aliphatic hydroxyl groups excluding tert-OH is 1. The summed E-state index contributed by atoms with van der Waals surface area (Å²) in [6.45, 7) is 2.09. The summed E-state index contributed by atoms with van der Waals surface area (Å²) in [4.78, 5) is 0. The Hall–Kier alpha value is -0.200. The number of thioether (sulfide) groups is 1. The van der Waals surface area contributed by atoms with E-state index in [0.29, 0.717) is 5.75 Å². The Morgan fingerprint density at radius 1 is 1.70 bits per heavy atom. The molecule has 0 spiro atoms. The number of nitriles is 1. The van der Waals surface area contributed by atoms with Gasteiger partial charge in [0.25, 0.3) is 0 Å². The highest BCUT2D eigenvalue weighted by atomic mass is 32.2. The molecule has 0 aliphatic carbocycles. The summed E-state index contributed by atoms with van der Waals surface area (Å²) in [7, 11) is 0. The van der Waals surface area contributed by atoms with Gasteiger partial charge in [0.2, 0.25) is 0 Å². The molecule has 0 heterocycles. The standard InChI is InChI=1S/C7H13NOS/c1-2-3-4-7(9)5-10-6-8/h7,9H,2-5H2,1H3. The van der Waals surface area contributed by atoms with Crippen LogP contribution < -0.4 is 0 Å². The first-order valence-corrected chi connectivity index (χ1v) is 4.48. The van der Waals surface area contributed by atoms with E-state index in [1.54, 1.807) is 0 Å². The van der Waals surface area contributed by atoms with Gasteiger partial charge < -0.3 is 5.11 Å². The van der Waals surface area contributed by atoms with Gasteiger partial charge in [0.1, 0.15) is 5.40 Å². The van der Waals surface area contributed by atoms with Gasteiger partial charge in [0.15, 0.2) is 0 Å². The molecule has 0 aliphatic heterocycles. The molecule has 58 valence electrons. The lowest BCUT2D eigenvalue weighted by molar-refractivity contribution is 0.186. The fourth-order valence-electron chi connectivity index (χ4n) is 0.657. The second kappa shape index (κ2) is 6.91. The topological polar surface area (TPSA) is 44.0 Å². The number of nitrogens with zero attached hydrogens (tertiary/aromatic N) is 1. The van der Waals surface area contributed by atoms with Crippen molar-refractivity contribution in [1.29, 1.82) is 5.26 Å². The van der Waals surface area contributed by atoms with Crippen LogP contribution in [0.15, 0.2) is 0 Å². The van der Waals surface area contributed by atoms with Crippen LogP contribution in [0.25, 0.3) is 0 Å². The number of hydrogen-bond acceptors (Lipinski definition) is 3. The van der Waals surface area contributed by atoms with Crippen molar-refractivity contribution >= 4 is 11.8 Å². The smallest absolute Gasteiger partial charge is 0.133 e. The largest absolute Gasteiger partial charge is 0.392 e. The third-order valence-corrected chi connectivity index (χ3v) is 1.91. The van der Waals surface area contributed by atoms with Crippen LogP contribution in [0.2, 0.25) is 0 Å². The van der Waals surface area contributed by atoms with Crippen LogP contribution in [0, 0.1) is 10.7 Å². The molecule has 1 N–H and O–H groups in total. The fraction of sp³-hybridized carbons (Fsp3) is 0.857. The maximum absolute atomic E-state index is 9.14. The number of thiocyanates is 1. The molecule has 0 saturated carbocycles. The lowest BCUT2D eigenvalue weighted by Crippen LogP contribution is -2.08. The zero-order valence-electron chi connectivity index (χ0n) is 6.21. The molecule has 0 rings (SSSR count). The SMILES string of the molecule is CCCCC(O)CSC#N. The van der Waals surface area contributed by atoms with Crippen LogP contribution in [-0.4, -0.2) is 17.0 Å². The molecule has 0 aromatic carbocycles. The molecule has 1 unspecified atom stereocenters. The summed E-state index contributed by atoms with van der Waals surface area (Å²) >= 11 is 1.12. The Balaban J connectivity index is 3.10. The van der Waals surface area contributed by atoms with Gasteiger partial charge in [-0.15, -0.1) is 0 Å². The van der Waals surface area contributed by atoms with Gasteiger partial charge >= 0.3 is 0 Å². The Bertz CT molecular complexity index is 111. The zero-order chi connectivity index (χ0) is 7.82. The van der Waals surface area contributed by atoms with Crippen LogP contribution in [-0.2, 0) is 0 Å². The van der Waals surface area contributed by atoms with E-state index in [-0.39, 0.29) is 6.10 Å². The van der Waals surface area contributed by atoms with Crippen molar-refractivity contribution in [3.8, 4) is 5.40 Å². The molecule has 0 aliphatic rings. The van der Waals surface area contributed by atoms with Crippen LogP contribution in [0.1, 0.15) is 26.2 Å². The quantitative estimate of drug-likeness (QED) is 0.621. The summed E-state index contributed by atoms with van der Waals surface area (Å²) in [5.41, 5.74) is 0. The van der Waals surface area contributed by atoms with E-state index in [1.807, 2.05) is 5.40 Å². The molecule has 3 heteroatoms. The number of unbranched alkanes of at least 4 members (excludes halogenated alkanes) is 1. The maximum atomic E-state index is 9.14.